The van der Waals surface area contributed by atoms with E-state index in [0.717, 1.165) is 48.9 Å². The fourth-order valence-electron chi connectivity index (χ4n) is 2.67. The molecule has 0 radical (unpaired) electrons. The smallest absolute Gasteiger partial charge is 0.191 e. The number of aliphatic imine (C=N–C) groups is 1. The van der Waals surface area contributed by atoms with Crippen molar-refractivity contribution in [2.75, 3.05) is 33.4 Å². The summed E-state index contributed by atoms with van der Waals surface area (Å²) in [6, 6.07) is 12.2. The molecule has 0 saturated heterocycles. The van der Waals surface area contributed by atoms with Gasteiger partial charge in [0.1, 0.15) is 5.75 Å². The van der Waals surface area contributed by atoms with Gasteiger partial charge in [0.25, 0.3) is 0 Å². The summed E-state index contributed by atoms with van der Waals surface area (Å²) in [6.07, 6.45) is 3.54. The number of methoxy groups -OCH3 is 1. The molecular weight excluding hydrogens is 352 g/mol. The summed E-state index contributed by atoms with van der Waals surface area (Å²) in [4.78, 5) is 9.07. The van der Waals surface area contributed by atoms with E-state index in [1.54, 1.807) is 7.11 Å². The van der Waals surface area contributed by atoms with E-state index in [2.05, 4.69) is 47.7 Å². The Morgan fingerprint density at radius 3 is 2.79 bits per heavy atom. The van der Waals surface area contributed by atoms with Crippen LogP contribution in [0.4, 0.5) is 0 Å². The first-order valence-corrected chi connectivity index (χ1v) is 9.86. The molecule has 0 amide bonds. The third-order valence-electron chi connectivity index (χ3n) is 4.12. The van der Waals surface area contributed by atoms with E-state index in [-0.39, 0.29) is 0 Å². The SMILES string of the molecule is CCNC(=NCc1ccc(C)cc1OCCCOC)NCCc1ccccn1. The van der Waals surface area contributed by atoms with E-state index >= 15 is 0 Å². The maximum atomic E-state index is 5.95. The molecule has 2 N–H and O–H groups in total. The first kappa shape index (κ1) is 21.7. The van der Waals surface area contributed by atoms with Crippen LogP contribution in [0.25, 0.3) is 0 Å². The lowest BCUT2D eigenvalue weighted by molar-refractivity contribution is 0.172. The Kier molecular flexibility index (Phi) is 9.86. The van der Waals surface area contributed by atoms with E-state index in [1.807, 2.05) is 24.4 Å². The van der Waals surface area contributed by atoms with Gasteiger partial charge in [-0.2, -0.15) is 0 Å². The molecule has 0 saturated carbocycles. The van der Waals surface area contributed by atoms with Gasteiger partial charge in [-0.3, -0.25) is 4.98 Å². The predicted octanol–water partition coefficient (Wildman–Crippen LogP) is 3.10. The van der Waals surface area contributed by atoms with Crippen LogP contribution in [0.2, 0.25) is 0 Å². The first-order valence-electron chi connectivity index (χ1n) is 9.86. The molecule has 0 unspecified atom stereocenters. The van der Waals surface area contributed by atoms with Crippen LogP contribution >= 0.6 is 0 Å². The molecular formula is C22H32N4O2. The molecule has 0 aliphatic heterocycles. The van der Waals surface area contributed by atoms with Crippen LogP contribution in [0, 0.1) is 6.92 Å². The van der Waals surface area contributed by atoms with Gasteiger partial charge < -0.3 is 20.1 Å². The molecule has 0 atom stereocenters. The minimum atomic E-state index is 0.554. The number of pyridine rings is 1. The van der Waals surface area contributed by atoms with Crippen molar-refractivity contribution < 1.29 is 9.47 Å². The molecule has 0 fully saturated rings. The molecule has 0 spiro atoms. The predicted molar refractivity (Wildman–Crippen MR) is 114 cm³/mol. The molecule has 1 heterocycles. The summed E-state index contributed by atoms with van der Waals surface area (Å²) < 4.78 is 11.0. The van der Waals surface area contributed by atoms with Crippen LogP contribution in [0.5, 0.6) is 5.75 Å². The molecule has 1 aromatic heterocycles. The Morgan fingerprint density at radius 1 is 1.14 bits per heavy atom. The van der Waals surface area contributed by atoms with Crippen molar-refractivity contribution in [3.63, 3.8) is 0 Å². The lowest BCUT2D eigenvalue weighted by atomic mass is 10.1. The number of rotatable bonds is 11. The van der Waals surface area contributed by atoms with Gasteiger partial charge in [0.05, 0.1) is 13.2 Å². The monoisotopic (exact) mass is 384 g/mol. The van der Waals surface area contributed by atoms with E-state index in [4.69, 9.17) is 14.5 Å². The maximum absolute atomic E-state index is 5.95. The third kappa shape index (κ3) is 7.96. The van der Waals surface area contributed by atoms with E-state index in [1.165, 1.54) is 5.56 Å². The summed E-state index contributed by atoms with van der Waals surface area (Å²) in [5.74, 6) is 1.69. The zero-order valence-corrected chi connectivity index (χ0v) is 17.2. The van der Waals surface area contributed by atoms with Crippen LogP contribution < -0.4 is 15.4 Å². The first-order chi connectivity index (χ1) is 13.7. The molecule has 28 heavy (non-hydrogen) atoms. The van der Waals surface area contributed by atoms with Gasteiger partial charge in [-0.15, -0.1) is 0 Å². The molecule has 2 rings (SSSR count). The summed E-state index contributed by atoms with van der Waals surface area (Å²) in [6.45, 7) is 7.60. The van der Waals surface area contributed by atoms with Gasteiger partial charge in [-0.1, -0.05) is 18.2 Å². The van der Waals surface area contributed by atoms with Crippen molar-refractivity contribution in [3.8, 4) is 5.75 Å². The van der Waals surface area contributed by atoms with Crippen molar-refractivity contribution in [2.45, 2.75) is 33.2 Å². The van der Waals surface area contributed by atoms with Crippen molar-refractivity contribution in [1.82, 2.24) is 15.6 Å². The number of aryl methyl sites for hydroxylation is 1. The summed E-state index contributed by atoms with van der Waals surface area (Å²) in [5.41, 5.74) is 3.32. The number of guanidine groups is 1. The number of hydrogen-bond acceptors (Lipinski definition) is 4. The van der Waals surface area contributed by atoms with E-state index in [9.17, 15) is 0 Å². The number of hydrogen-bond donors (Lipinski definition) is 2. The highest BCUT2D eigenvalue weighted by molar-refractivity contribution is 5.79. The Bertz CT molecular complexity index is 720. The van der Waals surface area contributed by atoms with Gasteiger partial charge in [-0.25, -0.2) is 4.99 Å². The second-order valence-electron chi connectivity index (χ2n) is 6.50. The molecule has 0 aliphatic carbocycles. The number of benzene rings is 1. The highest BCUT2D eigenvalue weighted by atomic mass is 16.5. The van der Waals surface area contributed by atoms with Gasteiger partial charge in [0.15, 0.2) is 5.96 Å². The quantitative estimate of drug-likeness (QED) is 0.354. The second-order valence-corrected chi connectivity index (χ2v) is 6.50. The van der Waals surface area contributed by atoms with Crippen LogP contribution in [0.15, 0.2) is 47.6 Å². The Balaban J connectivity index is 1.94. The average Bonchev–Trinajstić information content (AvgIpc) is 2.71. The van der Waals surface area contributed by atoms with E-state index in [0.29, 0.717) is 19.8 Å². The molecule has 6 heteroatoms. The zero-order valence-electron chi connectivity index (χ0n) is 17.2. The van der Waals surface area contributed by atoms with Crippen molar-refractivity contribution in [2.24, 2.45) is 4.99 Å². The summed E-state index contributed by atoms with van der Waals surface area (Å²) in [7, 11) is 1.70. The summed E-state index contributed by atoms with van der Waals surface area (Å²) in [5, 5.41) is 6.66. The zero-order chi connectivity index (χ0) is 20.0. The minimum absolute atomic E-state index is 0.554. The maximum Gasteiger partial charge on any atom is 0.191 e. The van der Waals surface area contributed by atoms with Gasteiger partial charge in [-0.05, 0) is 37.6 Å². The standard InChI is InChI=1S/C22H32N4O2/c1-4-23-22(25-13-11-20-8-5-6-12-24-20)26-17-19-10-9-18(2)16-21(19)28-15-7-14-27-3/h5-6,8-10,12,16H,4,7,11,13-15,17H2,1-3H3,(H2,23,25,26). The number of ether oxygens (including phenoxy) is 2. The Morgan fingerprint density at radius 2 is 2.04 bits per heavy atom. The molecule has 0 bridgehead atoms. The van der Waals surface area contributed by atoms with Crippen molar-refractivity contribution in [1.29, 1.82) is 0 Å². The molecule has 152 valence electrons. The van der Waals surface area contributed by atoms with Gasteiger partial charge >= 0.3 is 0 Å². The van der Waals surface area contributed by atoms with Crippen molar-refractivity contribution in [3.05, 3.63) is 59.4 Å². The van der Waals surface area contributed by atoms with Crippen LogP contribution in [-0.4, -0.2) is 44.4 Å². The highest BCUT2D eigenvalue weighted by Gasteiger charge is 2.05. The highest BCUT2D eigenvalue weighted by Crippen LogP contribution is 2.21. The Hall–Kier alpha value is -2.60. The fourth-order valence-corrected chi connectivity index (χ4v) is 2.67. The van der Waals surface area contributed by atoms with Gasteiger partial charge in [0.2, 0.25) is 0 Å². The van der Waals surface area contributed by atoms with Crippen LogP contribution in [0.3, 0.4) is 0 Å². The number of aromatic nitrogens is 1. The average molecular weight is 385 g/mol. The van der Waals surface area contributed by atoms with E-state index < -0.39 is 0 Å². The van der Waals surface area contributed by atoms with Crippen molar-refractivity contribution >= 4 is 5.96 Å². The van der Waals surface area contributed by atoms with Crippen LogP contribution in [0.1, 0.15) is 30.2 Å². The van der Waals surface area contributed by atoms with Gasteiger partial charge in [0, 0.05) is 57.1 Å². The molecule has 6 nitrogen and oxygen atoms in total. The van der Waals surface area contributed by atoms with Crippen LogP contribution in [-0.2, 0) is 17.7 Å². The largest absolute Gasteiger partial charge is 0.493 e. The second kappa shape index (κ2) is 12.7. The lowest BCUT2D eigenvalue weighted by Gasteiger charge is -2.13. The normalized spacial score (nSPS) is 11.3. The summed E-state index contributed by atoms with van der Waals surface area (Å²) >= 11 is 0. The topological polar surface area (TPSA) is 67.8 Å². The molecule has 2 aromatic rings. The Labute approximate surface area is 168 Å². The number of nitrogens with one attached hydrogen (secondary N) is 2. The third-order valence-corrected chi connectivity index (χ3v) is 4.12. The molecule has 1 aromatic carbocycles. The minimum Gasteiger partial charge on any atom is -0.493 e. The number of nitrogens with zero attached hydrogens (tertiary/aromatic N) is 2. The molecule has 0 aliphatic rings. The lowest BCUT2D eigenvalue weighted by Crippen LogP contribution is -2.38. The fraction of sp³-hybridized carbons (Fsp3) is 0.455.